The molecule has 1 aliphatic heterocycles. The first-order chi connectivity index (χ1) is 14.3. The molecule has 0 radical (unpaired) electrons. The number of nitrogens with zero attached hydrogens (tertiary/aromatic N) is 2. The third-order valence-corrected chi connectivity index (χ3v) is 8.17. The normalized spacial score (nSPS) is 17.7. The van der Waals surface area contributed by atoms with Crippen LogP contribution in [0.4, 0.5) is 4.39 Å². The number of benzene rings is 2. The highest BCUT2D eigenvalue weighted by molar-refractivity contribution is 7.89. The molecule has 2 aromatic rings. The largest absolute Gasteiger partial charge is 0.338 e. The SMILES string of the molecule is CCN([C@H](C)c1ccc(F)cc1)S(=O)(=O)c1ccc2c(c1)CN(C(=O)C1CC1)CC2. The van der Waals surface area contributed by atoms with Crippen molar-refractivity contribution in [2.24, 2.45) is 5.92 Å². The summed E-state index contributed by atoms with van der Waals surface area (Å²) in [6, 6.07) is 10.7. The molecule has 2 aromatic carbocycles. The van der Waals surface area contributed by atoms with Crippen LogP contribution >= 0.6 is 0 Å². The van der Waals surface area contributed by atoms with Gasteiger partial charge in [-0.05, 0) is 67.1 Å². The Hall–Kier alpha value is -2.25. The molecule has 1 fully saturated rings. The van der Waals surface area contributed by atoms with E-state index >= 15 is 0 Å². The van der Waals surface area contributed by atoms with E-state index < -0.39 is 16.1 Å². The zero-order valence-electron chi connectivity index (χ0n) is 17.3. The summed E-state index contributed by atoms with van der Waals surface area (Å²) in [4.78, 5) is 14.5. The van der Waals surface area contributed by atoms with Gasteiger partial charge in [0.25, 0.3) is 0 Å². The van der Waals surface area contributed by atoms with Crippen molar-refractivity contribution in [3.05, 3.63) is 65.0 Å². The molecule has 160 valence electrons. The summed E-state index contributed by atoms with van der Waals surface area (Å²) < 4.78 is 41.6. The lowest BCUT2D eigenvalue weighted by Gasteiger charge is -2.31. The molecule has 1 atom stereocenters. The minimum atomic E-state index is -3.75. The smallest absolute Gasteiger partial charge is 0.243 e. The lowest BCUT2D eigenvalue weighted by atomic mass is 9.99. The molecule has 0 aromatic heterocycles. The molecule has 0 bridgehead atoms. The molecular weight excluding hydrogens is 403 g/mol. The van der Waals surface area contributed by atoms with Crippen LogP contribution < -0.4 is 0 Å². The fraction of sp³-hybridized carbons (Fsp3) is 0.435. The Bertz CT molecular complexity index is 1050. The van der Waals surface area contributed by atoms with Crippen LogP contribution in [0.2, 0.25) is 0 Å². The summed E-state index contributed by atoms with van der Waals surface area (Å²) in [5.41, 5.74) is 2.74. The molecule has 30 heavy (non-hydrogen) atoms. The summed E-state index contributed by atoms with van der Waals surface area (Å²) in [5.74, 6) is -0.00326. The second kappa shape index (κ2) is 8.12. The number of carbonyl (C=O) groups is 1. The lowest BCUT2D eigenvalue weighted by molar-refractivity contribution is -0.133. The molecule has 0 spiro atoms. The molecule has 1 amide bonds. The Kier molecular flexibility index (Phi) is 5.68. The number of hydrogen-bond donors (Lipinski definition) is 0. The van der Waals surface area contributed by atoms with Crippen LogP contribution in [0.3, 0.4) is 0 Å². The van der Waals surface area contributed by atoms with Gasteiger partial charge in [-0.3, -0.25) is 4.79 Å². The van der Waals surface area contributed by atoms with E-state index in [1.807, 2.05) is 17.9 Å². The molecule has 0 saturated heterocycles. The van der Waals surface area contributed by atoms with Crippen LogP contribution in [0.1, 0.15) is 49.4 Å². The third-order valence-electron chi connectivity index (χ3n) is 6.13. The van der Waals surface area contributed by atoms with Crippen LogP contribution in [0.5, 0.6) is 0 Å². The molecule has 5 nitrogen and oxygen atoms in total. The Morgan fingerprint density at radius 1 is 1.17 bits per heavy atom. The summed E-state index contributed by atoms with van der Waals surface area (Å²) in [5, 5.41) is 0. The molecule has 4 rings (SSSR count). The van der Waals surface area contributed by atoms with Crippen molar-refractivity contribution in [3.8, 4) is 0 Å². The highest BCUT2D eigenvalue weighted by Crippen LogP contribution is 2.34. The van der Waals surface area contributed by atoms with Crippen molar-refractivity contribution >= 4 is 15.9 Å². The Balaban J connectivity index is 1.61. The van der Waals surface area contributed by atoms with Gasteiger partial charge in [-0.25, -0.2) is 12.8 Å². The van der Waals surface area contributed by atoms with Crippen molar-refractivity contribution in [1.82, 2.24) is 9.21 Å². The lowest BCUT2D eigenvalue weighted by Crippen LogP contribution is -2.37. The quantitative estimate of drug-likeness (QED) is 0.699. The molecular formula is C23H27FN2O3S. The van der Waals surface area contributed by atoms with Gasteiger partial charge < -0.3 is 4.90 Å². The molecule has 7 heteroatoms. The number of sulfonamides is 1. The topological polar surface area (TPSA) is 57.7 Å². The van der Waals surface area contributed by atoms with E-state index in [4.69, 9.17) is 0 Å². The third kappa shape index (κ3) is 4.01. The maximum absolute atomic E-state index is 13.4. The number of amides is 1. The standard InChI is InChI=1S/C23H27FN2O3S/c1-3-26(16(2)17-6-9-21(24)10-7-17)30(28,29)22-11-8-18-12-13-25(15-20(18)14-22)23(27)19-4-5-19/h6-11,14,16,19H,3-5,12-13,15H2,1-2H3/t16-/m1/s1. The van der Waals surface area contributed by atoms with E-state index in [2.05, 4.69) is 0 Å². The highest BCUT2D eigenvalue weighted by atomic mass is 32.2. The second-order valence-corrected chi connectivity index (χ2v) is 10.0. The van der Waals surface area contributed by atoms with E-state index in [0.717, 1.165) is 36.0 Å². The van der Waals surface area contributed by atoms with Crippen LogP contribution in [0.15, 0.2) is 47.4 Å². The minimum Gasteiger partial charge on any atom is -0.338 e. The summed E-state index contributed by atoms with van der Waals surface area (Å²) in [7, 11) is -3.75. The number of fused-ring (bicyclic) bond motifs is 1. The fourth-order valence-corrected chi connectivity index (χ4v) is 5.85. The zero-order valence-corrected chi connectivity index (χ0v) is 18.2. The molecule has 0 unspecified atom stereocenters. The van der Waals surface area contributed by atoms with Gasteiger partial charge in [0.05, 0.1) is 4.90 Å². The number of carbonyl (C=O) groups excluding carboxylic acids is 1. The Morgan fingerprint density at radius 2 is 1.87 bits per heavy atom. The van der Waals surface area contributed by atoms with Crippen molar-refractivity contribution < 1.29 is 17.6 Å². The van der Waals surface area contributed by atoms with Crippen molar-refractivity contribution in [1.29, 1.82) is 0 Å². The average molecular weight is 431 g/mol. The molecule has 1 saturated carbocycles. The molecule has 1 aliphatic carbocycles. The maximum Gasteiger partial charge on any atom is 0.243 e. The van der Waals surface area contributed by atoms with Crippen LogP contribution in [0, 0.1) is 11.7 Å². The van der Waals surface area contributed by atoms with Crippen molar-refractivity contribution in [2.45, 2.75) is 50.6 Å². The molecule has 2 aliphatic rings. The summed E-state index contributed by atoms with van der Waals surface area (Å²) in [6.07, 6.45) is 2.67. The first kappa shape index (κ1) is 21.0. The van der Waals surface area contributed by atoms with E-state index in [-0.39, 0.29) is 22.5 Å². The van der Waals surface area contributed by atoms with E-state index in [1.54, 1.807) is 31.2 Å². The van der Waals surface area contributed by atoms with Gasteiger partial charge in [0.2, 0.25) is 15.9 Å². The van der Waals surface area contributed by atoms with Gasteiger partial charge >= 0.3 is 0 Å². The monoisotopic (exact) mass is 430 g/mol. The first-order valence-corrected chi connectivity index (χ1v) is 11.9. The first-order valence-electron chi connectivity index (χ1n) is 10.5. The van der Waals surface area contributed by atoms with Crippen LogP contribution in [-0.2, 0) is 27.8 Å². The number of rotatable bonds is 6. The van der Waals surface area contributed by atoms with Gasteiger partial charge in [0, 0.05) is 31.6 Å². The van der Waals surface area contributed by atoms with E-state index in [0.29, 0.717) is 19.6 Å². The van der Waals surface area contributed by atoms with Gasteiger partial charge in [0.1, 0.15) is 5.82 Å². The van der Waals surface area contributed by atoms with Crippen LogP contribution in [-0.4, -0.2) is 36.6 Å². The van der Waals surface area contributed by atoms with E-state index in [1.165, 1.54) is 16.4 Å². The Labute approximate surface area is 177 Å². The zero-order chi connectivity index (χ0) is 21.5. The summed E-state index contributed by atoms with van der Waals surface area (Å²) in [6.45, 7) is 5.06. The Morgan fingerprint density at radius 3 is 2.50 bits per heavy atom. The predicted molar refractivity (Wildman–Crippen MR) is 113 cm³/mol. The van der Waals surface area contributed by atoms with Gasteiger partial charge in [-0.1, -0.05) is 25.1 Å². The predicted octanol–water partition coefficient (Wildman–Crippen LogP) is 3.89. The average Bonchev–Trinajstić information content (AvgIpc) is 3.58. The number of halogens is 1. The summed E-state index contributed by atoms with van der Waals surface area (Å²) >= 11 is 0. The van der Waals surface area contributed by atoms with Gasteiger partial charge in [-0.2, -0.15) is 4.31 Å². The second-order valence-electron chi connectivity index (χ2n) is 8.15. The maximum atomic E-state index is 13.4. The van der Waals surface area contributed by atoms with Gasteiger partial charge in [0.15, 0.2) is 0 Å². The molecule has 1 heterocycles. The van der Waals surface area contributed by atoms with E-state index in [9.17, 15) is 17.6 Å². The minimum absolute atomic E-state index is 0.158. The van der Waals surface area contributed by atoms with Crippen molar-refractivity contribution in [3.63, 3.8) is 0 Å². The van der Waals surface area contributed by atoms with Gasteiger partial charge in [-0.15, -0.1) is 0 Å². The molecule has 0 N–H and O–H groups in total. The number of hydrogen-bond acceptors (Lipinski definition) is 3. The fourth-order valence-electron chi connectivity index (χ4n) is 4.17. The van der Waals surface area contributed by atoms with Crippen molar-refractivity contribution in [2.75, 3.05) is 13.1 Å². The highest BCUT2D eigenvalue weighted by Gasteiger charge is 2.35. The van der Waals surface area contributed by atoms with Crippen LogP contribution in [0.25, 0.3) is 0 Å².